The number of amides is 1. The zero-order valence-corrected chi connectivity index (χ0v) is 35.4. The van der Waals surface area contributed by atoms with Crippen LogP contribution in [0.1, 0.15) is 187 Å². The molecular weight excluding hydrogens is 675 g/mol. The second kappa shape index (κ2) is 31.4. The lowest BCUT2D eigenvalue weighted by Crippen LogP contribution is -2.46. The van der Waals surface area contributed by atoms with Crippen LogP contribution in [-0.4, -0.2) is 85.6 Å². The Kier molecular flexibility index (Phi) is 29.7. The number of epoxide rings is 1. The molecule has 0 aliphatic carbocycles. The van der Waals surface area contributed by atoms with Gasteiger partial charge in [0, 0.05) is 6.42 Å². The standard InChI is InChI=1S/C42H83N2O7P/c1-6-8-10-11-12-13-14-15-16-17-18-21-24-28-31-39(45)38(37-50-52(47,48)49-36-35-44(3,4)5)43-42(46)34-30-26-23-20-19-22-25-29-33-41-40(51-41)32-27-9-7-2/h25,29,38-41,45H,6-24,26-28,30-37H2,1-5H3,(H-,43,46,47,48)/p+1/b29-25-/t38-,39+,40?,41?/m0/s1. The number of aliphatic hydroxyl groups excluding tert-OH is 1. The first kappa shape index (κ1) is 49.2. The van der Waals surface area contributed by atoms with Crippen molar-refractivity contribution in [2.75, 3.05) is 40.9 Å². The lowest BCUT2D eigenvalue weighted by molar-refractivity contribution is -0.870. The third kappa shape index (κ3) is 30.5. The second-order valence-electron chi connectivity index (χ2n) is 16.5. The van der Waals surface area contributed by atoms with Crippen LogP contribution in [0.3, 0.4) is 0 Å². The van der Waals surface area contributed by atoms with E-state index in [-0.39, 0.29) is 19.1 Å². The summed E-state index contributed by atoms with van der Waals surface area (Å²) in [6.45, 7) is 4.84. The van der Waals surface area contributed by atoms with Crippen molar-refractivity contribution in [2.45, 2.75) is 212 Å². The van der Waals surface area contributed by atoms with Crippen LogP contribution < -0.4 is 5.32 Å². The summed E-state index contributed by atoms with van der Waals surface area (Å²) in [5.41, 5.74) is 0. The molecule has 0 spiro atoms. The minimum absolute atomic E-state index is 0.0707. The normalized spacial score (nSPS) is 18.4. The van der Waals surface area contributed by atoms with Crippen molar-refractivity contribution < 1.29 is 37.6 Å². The van der Waals surface area contributed by atoms with Crippen molar-refractivity contribution in [1.29, 1.82) is 0 Å². The van der Waals surface area contributed by atoms with Crippen molar-refractivity contribution in [3.05, 3.63) is 12.2 Å². The highest BCUT2D eigenvalue weighted by molar-refractivity contribution is 7.47. The number of quaternary nitrogens is 1. The van der Waals surface area contributed by atoms with Crippen LogP contribution in [0.15, 0.2) is 12.2 Å². The molecule has 1 aliphatic rings. The van der Waals surface area contributed by atoms with Gasteiger partial charge in [-0.2, -0.15) is 0 Å². The quantitative estimate of drug-likeness (QED) is 0.0189. The maximum atomic E-state index is 12.9. The Morgan fingerprint density at radius 1 is 0.750 bits per heavy atom. The van der Waals surface area contributed by atoms with Crippen LogP contribution in [0.25, 0.3) is 0 Å². The Balaban J connectivity index is 2.30. The van der Waals surface area contributed by atoms with E-state index in [2.05, 4.69) is 31.3 Å². The van der Waals surface area contributed by atoms with Gasteiger partial charge in [0.15, 0.2) is 0 Å². The predicted octanol–water partition coefficient (Wildman–Crippen LogP) is 10.6. The highest BCUT2D eigenvalue weighted by Gasteiger charge is 2.36. The predicted molar refractivity (Wildman–Crippen MR) is 216 cm³/mol. The monoisotopic (exact) mass is 760 g/mol. The maximum absolute atomic E-state index is 12.9. The van der Waals surface area contributed by atoms with Gasteiger partial charge < -0.3 is 24.5 Å². The molecule has 52 heavy (non-hydrogen) atoms. The number of ether oxygens (including phenoxy) is 1. The van der Waals surface area contributed by atoms with Gasteiger partial charge in [-0.1, -0.05) is 154 Å². The number of phosphoric acid groups is 1. The fourth-order valence-corrected chi connectivity index (χ4v) is 7.32. The van der Waals surface area contributed by atoms with E-state index in [9.17, 15) is 19.4 Å². The molecule has 0 bridgehead atoms. The molecule has 5 atom stereocenters. The van der Waals surface area contributed by atoms with Crippen molar-refractivity contribution in [1.82, 2.24) is 5.32 Å². The Bertz CT molecular complexity index is 928. The SMILES string of the molecule is CCCCCCCCCCCCCCCC[C@@H](O)[C@H](COP(=O)(O)OCC[N+](C)(C)C)NC(=O)CCCCCCC/C=C\CC1OC1CCCCC. The summed E-state index contributed by atoms with van der Waals surface area (Å²) in [6, 6.07) is -0.767. The van der Waals surface area contributed by atoms with Gasteiger partial charge in [0.05, 0.1) is 52.1 Å². The Morgan fingerprint density at radius 2 is 1.29 bits per heavy atom. The molecule has 0 saturated carbocycles. The topological polar surface area (TPSA) is 118 Å². The molecule has 10 heteroatoms. The van der Waals surface area contributed by atoms with Crippen LogP contribution in [0.4, 0.5) is 0 Å². The molecule has 1 heterocycles. The highest BCUT2D eigenvalue weighted by Crippen LogP contribution is 2.43. The van der Waals surface area contributed by atoms with Crippen LogP contribution in [-0.2, 0) is 23.1 Å². The maximum Gasteiger partial charge on any atom is 0.472 e. The van der Waals surface area contributed by atoms with Gasteiger partial charge in [0.1, 0.15) is 13.2 Å². The number of rotatable bonds is 38. The molecule has 1 amide bonds. The van der Waals surface area contributed by atoms with Crippen molar-refractivity contribution in [2.24, 2.45) is 0 Å². The van der Waals surface area contributed by atoms with Gasteiger partial charge >= 0.3 is 7.82 Å². The number of nitrogens with one attached hydrogen (secondary N) is 1. The molecule has 3 unspecified atom stereocenters. The number of likely N-dealkylation sites (N-methyl/N-ethyl adjacent to an activating group) is 1. The fourth-order valence-electron chi connectivity index (χ4n) is 6.58. The largest absolute Gasteiger partial charge is 0.472 e. The lowest BCUT2D eigenvalue weighted by Gasteiger charge is -2.26. The van der Waals surface area contributed by atoms with Crippen molar-refractivity contribution >= 4 is 13.7 Å². The molecule has 1 saturated heterocycles. The van der Waals surface area contributed by atoms with E-state index >= 15 is 0 Å². The molecule has 3 N–H and O–H groups in total. The van der Waals surface area contributed by atoms with Crippen LogP contribution in [0, 0.1) is 0 Å². The zero-order valence-electron chi connectivity index (χ0n) is 34.5. The second-order valence-corrected chi connectivity index (χ2v) is 17.9. The molecule has 1 rings (SSSR count). The summed E-state index contributed by atoms with van der Waals surface area (Å²) in [5.74, 6) is -0.162. The fraction of sp³-hybridized carbons (Fsp3) is 0.929. The number of carbonyl (C=O) groups excluding carboxylic acids is 1. The van der Waals surface area contributed by atoms with Gasteiger partial charge in [-0.05, 0) is 38.5 Å². The van der Waals surface area contributed by atoms with E-state index in [0.29, 0.717) is 36.1 Å². The Morgan fingerprint density at radius 3 is 1.88 bits per heavy atom. The van der Waals surface area contributed by atoms with Gasteiger partial charge in [-0.25, -0.2) is 4.57 Å². The molecule has 0 aromatic carbocycles. The first-order valence-electron chi connectivity index (χ1n) is 21.7. The van der Waals surface area contributed by atoms with E-state index in [1.54, 1.807) is 0 Å². The smallest absolute Gasteiger partial charge is 0.391 e. The molecule has 0 radical (unpaired) electrons. The highest BCUT2D eigenvalue weighted by atomic mass is 31.2. The first-order valence-corrected chi connectivity index (χ1v) is 23.2. The van der Waals surface area contributed by atoms with E-state index in [4.69, 9.17) is 13.8 Å². The van der Waals surface area contributed by atoms with E-state index in [1.807, 2.05) is 21.1 Å². The van der Waals surface area contributed by atoms with Crippen molar-refractivity contribution in [3.63, 3.8) is 0 Å². The average Bonchev–Trinajstić information content (AvgIpc) is 3.84. The number of hydrogen-bond donors (Lipinski definition) is 3. The number of phosphoric ester groups is 1. The summed E-state index contributed by atoms with van der Waals surface area (Å²) in [4.78, 5) is 23.1. The minimum atomic E-state index is -4.32. The van der Waals surface area contributed by atoms with E-state index in [0.717, 1.165) is 64.2 Å². The third-order valence-corrected chi connectivity index (χ3v) is 11.2. The Labute approximate surface area is 320 Å². The summed E-state index contributed by atoms with van der Waals surface area (Å²) >= 11 is 0. The summed E-state index contributed by atoms with van der Waals surface area (Å²) in [7, 11) is 1.60. The number of aliphatic hydroxyl groups is 1. The third-order valence-electron chi connectivity index (χ3n) is 10.2. The van der Waals surface area contributed by atoms with Gasteiger partial charge in [-0.3, -0.25) is 13.8 Å². The molecule has 1 fully saturated rings. The summed E-state index contributed by atoms with van der Waals surface area (Å²) < 4.78 is 29.4. The lowest BCUT2D eigenvalue weighted by atomic mass is 10.0. The molecule has 1 aliphatic heterocycles. The molecule has 308 valence electrons. The van der Waals surface area contributed by atoms with Crippen LogP contribution in [0.2, 0.25) is 0 Å². The number of unbranched alkanes of at least 4 members (excludes halogenated alkanes) is 20. The van der Waals surface area contributed by atoms with Gasteiger partial charge in [0.25, 0.3) is 0 Å². The van der Waals surface area contributed by atoms with Crippen LogP contribution >= 0.6 is 7.82 Å². The number of carbonyl (C=O) groups is 1. The van der Waals surface area contributed by atoms with Crippen LogP contribution in [0.5, 0.6) is 0 Å². The minimum Gasteiger partial charge on any atom is -0.391 e. The summed E-state index contributed by atoms with van der Waals surface area (Å²) in [5, 5.41) is 13.9. The molecule has 0 aromatic rings. The molecule has 0 aromatic heterocycles. The summed E-state index contributed by atoms with van der Waals surface area (Å²) in [6.07, 6.45) is 35.4. The van der Waals surface area contributed by atoms with E-state index < -0.39 is 20.0 Å². The van der Waals surface area contributed by atoms with Gasteiger partial charge in [-0.15, -0.1) is 0 Å². The number of nitrogens with zero attached hydrogens (tertiary/aromatic N) is 1. The number of hydrogen-bond acceptors (Lipinski definition) is 6. The van der Waals surface area contributed by atoms with Crippen molar-refractivity contribution in [3.8, 4) is 0 Å². The van der Waals surface area contributed by atoms with Gasteiger partial charge in [0.2, 0.25) is 5.91 Å². The number of allylic oxidation sites excluding steroid dienone is 1. The molecule has 9 nitrogen and oxygen atoms in total. The molecular formula is C42H84N2O7P+. The average molecular weight is 760 g/mol. The Hall–Kier alpha value is -0.800. The first-order chi connectivity index (χ1) is 25.0. The zero-order chi connectivity index (χ0) is 38.3. The van der Waals surface area contributed by atoms with E-state index in [1.165, 1.54) is 96.3 Å².